The quantitative estimate of drug-likeness (QED) is 0.759. The molecule has 0 aliphatic carbocycles. The Balaban J connectivity index is 2.04. The summed E-state index contributed by atoms with van der Waals surface area (Å²) in [6.07, 6.45) is 0. The minimum absolute atomic E-state index is 0.160. The molecule has 0 unspecified atom stereocenters. The molecular weight excluding hydrogens is 346 g/mol. The van der Waals surface area contributed by atoms with Crippen molar-refractivity contribution in [3.63, 3.8) is 0 Å². The third-order valence-electron chi connectivity index (χ3n) is 2.88. The van der Waals surface area contributed by atoms with Crippen molar-refractivity contribution in [2.45, 2.75) is 13.8 Å². The van der Waals surface area contributed by atoms with Crippen molar-refractivity contribution in [1.29, 1.82) is 0 Å². The Morgan fingerprint density at radius 1 is 0.955 bits per heavy atom. The molecule has 114 valence electrons. The van der Waals surface area contributed by atoms with Crippen LogP contribution in [-0.2, 0) is 4.79 Å². The zero-order chi connectivity index (χ0) is 16.1. The Bertz CT molecular complexity index is 716. The maximum atomic E-state index is 12.0. The van der Waals surface area contributed by atoms with Crippen LogP contribution in [0.1, 0.15) is 12.5 Å². The fourth-order valence-electron chi connectivity index (χ4n) is 1.93. The standard InChI is InChI=1S/C16H16BrN3O2/c1-10-8-12(17)6-7-15(10)20-16(22)19-14-5-3-4-13(9-14)18-11(2)21/h3-9H,1-2H3,(H,18,21)(H2,19,20,22). The molecule has 0 saturated carbocycles. The van der Waals surface area contributed by atoms with E-state index in [0.717, 1.165) is 15.7 Å². The predicted octanol–water partition coefficient (Wildman–Crippen LogP) is 4.36. The summed E-state index contributed by atoms with van der Waals surface area (Å²) in [4.78, 5) is 23.1. The average Bonchev–Trinajstić information content (AvgIpc) is 2.41. The van der Waals surface area contributed by atoms with Crippen LogP contribution in [0.4, 0.5) is 21.9 Å². The van der Waals surface area contributed by atoms with E-state index in [2.05, 4.69) is 31.9 Å². The Morgan fingerprint density at radius 2 is 1.64 bits per heavy atom. The van der Waals surface area contributed by atoms with Crippen LogP contribution in [0.5, 0.6) is 0 Å². The summed E-state index contributed by atoms with van der Waals surface area (Å²) in [5, 5.41) is 8.19. The maximum absolute atomic E-state index is 12.0. The smallest absolute Gasteiger partial charge is 0.323 e. The number of carbonyl (C=O) groups is 2. The molecule has 0 atom stereocenters. The van der Waals surface area contributed by atoms with Gasteiger partial charge in [0.15, 0.2) is 0 Å². The van der Waals surface area contributed by atoms with Gasteiger partial charge in [0.2, 0.25) is 5.91 Å². The van der Waals surface area contributed by atoms with Crippen LogP contribution in [0.25, 0.3) is 0 Å². The minimum atomic E-state index is -0.342. The number of hydrogen-bond donors (Lipinski definition) is 3. The molecule has 0 fully saturated rings. The molecule has 0 aliphatic heterocycles. The van der Waals surface area contributed by atoms with Crippen LogP contribution in [-0.4, -0.2) is 11.9 Å². The van der Waals surface area contributed by atoms with E-state index in [4.69, 9.17) is 0 Å². The lowest BCUT2D eigenvalue weighted by atomic mass is 10.2. The van der Waals surface area contributed by atoms with Crippen molar-refractivity contribution in [2.24, 2.45) is 0 Å². The highest BCUT2D eigenvalue weighted by molar-refractivity contribution is 9.10. The van der Waals surface area contributed by atoms with Gasteiger partial charge in [0.1, 0.15) is 0 Å². The largest absolute Gasteiger partial charge is 0.326 e. The summed E-state index contributed by atoms with van der Waals surface area (Å²) >= 11 is 3.38. The van der Waals surface area contributed by atoms with Crippen LogP contribution in [0.3, 0.4) is 0 Å². The molecule has 0 aromatic heterocycles. The zero-order valence-corrected chi connectivity index (χ0v) is 13.8. The highest BCUT2D eigenvalue weighted by Gasteiger charge is 2.06. The second kappa shape index (κ2) is 7.09. The molecule has 2 rings (SSSR count). The molecule has 2 aromatic rings. The molecule has 0 bridgehead atoms. The van der Waals surface area contributed by atoms with Crippen LogP contribution < -0.4 is 16.0 Å². The van der Waals surface area contributed by atoms with Gasteiger partial charge in [0.05, 0.1) is 0 Å². The van der Waals surface area contributed by atoms with Crippen LogP contribution in [0, 0.1) is 6.92 Å². The zero-order valence-electron chi connectivity index (χ0n) is 12.2. The first-order chi connectivity index (χ1) is 10.4. The van der Waals surface area contributed by atoms with E-state index in [-0.39, 0.29) is 11.9 Å². The van der Waals surface area contributed by atoms with Crippen molar-refractivity contribution in [3.8, 4) is 0 Å². The van der Waals surface area contributed by atoms with Gasteiger partial charge in [0.25, 0.3) is 0 Å². The van der Waals surface area contributed by atoms with Gasteiger partial charge in [-0.3, -0.25) is 4.79 Å². The Kier molecular flexibility index (Phi) is 5.16. The highest BCUT2D eigenvalue weighted by atomic mass is 79.9. The Hall–Kier alpha value is -2.34. The van der Waals surface area contributed by atoms with Gasteiger partial charge >= 0.3 is 6.03 Å². The number of benzene rings is 2. The number of anilines is 3. The van der Waals surface area contributed by atoms with Crippen molar-refractivity contribution in [1.82, 2.24) is 0 Å². The topological polar surface area (TPSA) is 70.2 Å². The van der Waals surface area contributed by atoms with Gasteiger partial charge in [-0.05, 0) is 48.9 Å². The molecule has 0 aliphatic rings. The van der Waals surface area contributed by atoms with Gasteiger partial charge in [-0.25, -0.2) is 4.79 Å². The van der Waals surface area contributed by atoms with E-state index in [1.165, 1.54) is 6.92 Å². The molecule has 0 spiro atoms. The maximum Gasteiger partial charge on any atom is 0.323 e. The minimum Gasteiger partial charge on any atom is -0.326 e. The molecule has 2 aromatic carbocycles. The van der Waals surface area contributed by atoms with E-state index in [1.54, 1.807) is 24.3 Å². The lowest BCUT2D eigenvalue weighted by Gasteiger charge is -2.11. The van der Waals surface area contributed by atoms with E-state index in [0.29, 0.717) is 11.4 Å². The lowest BCUT2D eigenvalue weighted by molar-refractivity contribution is -0.114. The number of halogens is 1. The molecule has 3 amide bonds. The third kappa shape index (κ3) is 4.60. The van der Waals surface area contributed by atoms with Crippen molar-refractivity contribution >= 4 is 44.9 Å². The molecule has 5 nitrogen and oxygen atoms in total. The Morgan fingerprint density at radius 3 is 2.27 bits per heavy atom. The van der Waals surface area contributed by atoms with Gasteiger partial charge < -0.3 is 16.0 Å². The number of rotatable bonds is 3. The first-order valence-electron chi connectivity index (χ1n) is 6.66. The molecular formula is C16H16BrN3O2. The second-order valence-corrected chi connectivity index (χ2v) is 5.72. The Labute approximate surface area is 137 Å². The summed E-state index contributed by atoms with van der Waals surface area (Å²) in [7, 11) is 0. The third-order valence-corrected chi connectivity index (χ3v) is 3.37. The van der Waals surface area contributed by atoms with Gasteiger partial charge in [-0.1, -0.05) is 22.0 Å². The second-order valence-electron chi connectivity index (χ2n) is 4.80. The number of aryl methyl sites for hydroxylation is 1. The summed E-state index contributed by atoms with van der Waals surface area (Å²) in [5.74, 6) is -0.160. The summed E-state index contributed by atoms with van der Waals surface area (Å²) in [6.45, 7) is 3.35. The van der Waals surface area contributed by atoms with Gasteiger partial charge in [-0.15, -0.1) is 0 Å². The molecule has 22 heavy (non-hydrogen) atoms. The van der Waals surface area contributed by atoms with Crippen LogP contribution in [0.2, 0.25) is 0 Å². The van der Waals surface area contributed by atoms with Gasteiger partial charge in [-0.2, -0.15) is 0 Å². The fourth-order valence-corrected chi connectivity index (χ4v) is 2.41. The molecule has 0 heterocycles. The fraction of sp³-hybridized carbons (Fsp3) is 0.125. The van der Waals surface area contributed by atoms with E-state index < -0.39 is 0 Å². The van der Waals surface area contributed by atoms with Crippen molar-refractivity contribution in [3.05, 3.63) is 52.5 Å². The number of urea groups is 1. The summed E-state index contributed by atoms with van der Waals surface area (Å²) in [5.41, 5.74) is 2.92. The first kappa shape index (κ1) is 16.0. The monoisotopic (exact) mass is 361 g/mol. The number of hydrogen-bond acceptors (Lipinski definition) is 2. The van der Waals surface area contributed by atoms with E-state index >= 15 is 0 Å². The van der Waals surface area contributed by atoms with Crippen molar-refractivity contribution < 1.29 is 9.59 Å². The van der Waals surface area contributed by atoms with Crippen molar-refractivity contribution in [2.75, 3.05) is 16.0 Å². The van der Waals surface area contributed by atoms with Crippen LogP contribution >= 0.6 is 15.9 Å². The molecule has 0 radical (unpaired) electrons. The SMILES string of the molecule is CC(=O)Nc1cccc(NC(=O)Nc2ccc(Br)cc2C)c1. The van der Waals surface area contributed by atoms with E-state index in [9.17, 15) is 9.59 Å². The summed E-state index contributed by atoms with van der Waals surface area (Å²) < 4.78 is 0.957. The molecule has 6 heteroatoms. The molecule has 3 N–H and O–H groups in total. The summed E-state index contributed by atoms with van der Waals surface area (Å²) in [6, 6.07) is 12.2. The van der Waals surface area contributed by atoms with Crippen LogP contribution in [0.15, 0.2) is 46.9 Å². The predicted molar refractivity (Wildman–Crippen MR) is 92.3 cm³/mol. The highest BCUT2D eigenvalue weighted by Crippen LogP contribution is 2.21. The number of amides is 3. The molecule has 0 saturated heterocycles. The number of nitrogens with one attached hydrogen (secondary N) is 3. The van der Waals surface area contributed by atoms with Gasteiger partial charge in [0, 0.05) is 28.5 Å². The lowest BCUT2D eigenvalue weighted by Crippen LogP contribution is -2.20. The normalized spacial score (nSPS) is 9.95. The van der Waals surface area contributed by atoms with E-state index in [1.807, 2.05) is 25.1 Å². The first-order valence-corrected chi connectivity index (χ1v) is 7.45. The number of carbonyl (C=O) groups excluding carboxylic acids is 2. The average molecular weight is 362 g/mol.